The van der Waals surface area contributed by atoms with Crippen LogP contribution in [-0.4, -0.2) is 27.8 Å². The number of hydrogen-bond donors (Lipinski definition) is 2. The summed E-state index contributed by atoms with van der Waals surface area (Å²) in [5, 5.41) is 11.2. The van der Waals surface area contributed by atoms with Gasteiger partial charge in [0.2, 0.25) is 0 Å². The molecule has 0 aliphatic carbocycles. The Bertz CT molecular complexity index is 452. The zero-order chi connectivity index (χ0) is 13.8. The van der Waals surface area contributed by atoms with Gasteiger partial charge in [0.15, 0.2) is 0 Å². The molecule has 0 aromatic carbocycles. The van der Waals surface area contributed by atoms with Crippen molar-refractivity contribution in [3.63, 3.8) is 0 Å². The number of aliphatic carboxylic acids is 1. The van der Waals surface area contributed by atoms with Gasteiger partial charge in [-0.1, -0.05) is 0 Å². The number of ether oxygens (including phenoxy) is 1. The van der Waals surface area contributed by atoms with Gasteiger partial charge in [0, 0.05) is 6.20 Å². The predicted molar refractivity (Wildman–Crippen MR) is 65.4 cm³/mol. The lowest BCUT2D eigenvalue weighted by Crippen LogP contribution is -2.27. The van der Waals surface area contributed by atoms with Crippen molar-refractivity contribution in [2.75, 3.05) is 5.32 Å². The molecular weight excluding hydrogens is 236 g/mol. The molecular formula is C12H16N2O4. The van der Waals surface area contributed by atoms with Gasteiger partial charge in [0.1, 0.15) is 5.60 Å². The molecule has 98 valence electrons. The molecule has 6 nitrogen and oxygen atoms in total. The Labute approximate surface area is 105 Å². The first-order valence-electron chi connectivity index (χ1n) is 5.42. The van der Waals surface area contributed by atoms with Gasteiger partial charge in [-0.15, -0.1) is 0 Å². The van der Waals surface area contributed by atoms with Crippen molar-refractivity contribution >= 4 is 17.7 Å². The van der Waals surface area contributed by atoms with E-state index in [1.807, 2.05) is 0 Å². The molecule has 1 aromatic heterocycles. The second-order valence-corrected chi connectivity index (χ2v) is 4.73. The largest absolute Gasteiger partial charge is 0.481 e. The van der Waals surface area contributed by atoms with Crippen LogP contribution in [0.2, 0.25) is 0 Å². The number of anilines is 1. The Kier molecular flexibility index (Phi) is 4.25. The van der Waals surface area contributed by atoms with Crippen LogP contribution in [0.15, 0.2) is 18.5 Å². The van der Waals surface area contributed by atoms with Crippen LogP contribution in [0.3, 0.4) is 0 Å². The van der Waals surface area contributed by atoms with Crippen LogP contribution in [0, 0.1) is 0 Å². The highest BCUT2D eigenvalue weighted by Gasteiger charge is 2.17. The maximum absolute atomic E-state index is 11.6. The lowest BCUT2D eigenvalue weighted by atomic mass is 10.1. The summed E-state index contributed by atoms with van der Waals surface area (Å²) >= 11 is 0. The molecule has 0 aliphatic heterocycles. The zero-order valence-electron chi connectivity index (χ0n) is 10.6. The summed E-state index contributed by atoms with van der Waals surface area (Å²) in [5.41, 5.74) is 0.205. The molecule has 0 atom stereocenters. The van der Waals surface area contributed by atoms with Gasteiger partial charge in [-0.3, -0.25) is 15.1 Å². The Hall–Kier alpha value is -2.11. The molecule has 1 heterocycles. The molecule has 0 spiro atoms. The number of aromatic nitrogens is 1. The van der Waals surface area contributed by atoms with Crippen molar-refractivity contribution in [2.24, 2.45) is 0 Å². The van der Waals surface area contributed by atoms with E-state index < -0.39 is 17.7 Å². The number of carbonyl (C=O) groups excluding carboxylic acids is 1. The van der Waals surface area contributed by atoms with E-state index in [4.69, 9.17) is 9.84 Å². The molecule has 2 N–H and O–H groups in total. The molecule has 0 saturated carbocycles. The van der Waals surface area contributed by atoms with E-state index in [2.05, 4.69) is 10.3 Å². The molecule has 0 unspecified atom stereocenters. The standard InChI is InChI=1S/C12H16N2O4/c1-12(2,3)18-11(17)14-9-7-13-5-4-8(9)6-10(15)16/h4-5,7H,6H2,1-3H3,(H,14,17)(H,15,16). The Morgan fingerprint density at radius 1 is 1.44 bits per heavy atom. The molecule has 0 radical (unpaired) electrons. The number of nitrogens with zero attached hydrogens (tertiary/aromatic N) is 1. The fraction of sp³-hybridized carbons (Fsp3) is 0.417. The van der Waals surface area contributed by atoms with Crippen LogP contribution < -0.4 is 5.32 Å². The SMILES string of the molecule is CC(C)(C)OC(=O)Nc1cnccc1CC(=O)O. The molecule has 0 aliphatic rings. The number of hydrogen-bond acceptors (Lipinski definition) is 4. The van der Waals surface area contributed by atoms with Crippen molar-refractivity contribution in [3.05, 3.63) is 24.0 Å². The number of carbonyl (C=O) groups is 2. The second kappa shape index (κ2) is 5.48. The van der Waals surface area contributed by atoms with E-state index in [1.165, 1.54) is 12.4 Å². The summed E-state index contributed by atoms with van der Waals surface area (Å²) < 4.78 is 5.08. The van der Waals surface area contributed by atoms with E-state index in [0.29, 0.717) is 11.3 Å². The molecule has 0 saturated heterocycles. The monoisotopic (exact) mass is 252 g/mol. The number of carboxylic acid groups (broad SMARTS) is 1. The second-order valence-electron chi connectivity index (χ2n) is 4.73. The molecule has 1 aromatic rings. The highest BCUT2D eigenvalue weighted by molar-refractivity contribution is 5.86. The minimum absolute atomic E-state index is 0.187. The van der Waals surface area contributed by atoms with Crippen LogP contribution in [-0.2, 0) is 16.0 Å². The van der Waals surface area contributed by atoms with Gasteiger partial charge in [-0.25, -0.2) is 4.79 Å². The fourth-order valence-corrected chi connectivity index (χ4v) is 1.27. The first kappa shape index (κ1) is 14.0. The Morgan fingerprint density at radius 2 is 2.11 bits per heavy atom. The maximum Gasteiger partial charge on any atom is 0.412 e. The molecule has 0 fully saturated rings. The van der Waals surface area contributed by atoms with Gasteiger partial charge in [0.25, 0.3) is 0 Å². The van der Waals surface area contributed by atoms with Crippen molar-refractivity contribution in [3.8, 4) is 0 Å². The number of carboxylic acids is 1. The third-order valence-corrected chi connectivity index (χ3v) is 1.89. The molecule has 1 amide bonds. The Balaban J connectivity index is 2.78. The summed E-state index contributed by atoms with van der Waals surface area (Å²) in [6.07, 6.45) is 2.04. The fourth-order valence-electron chi connectivity index (χ4n) is 1.27. The first-order chi connectivity index (χ1) is 8.28. The summed E-state index contributed by atoms with van der Waals surface area (Å²) in [7, 11) is 0. The average molecular weight is 252 g/mol. The predicted octanol–water partition coefficient (Wildman–Crippen LogP) is 2.06. The van der Waals surface area contributed by atoms with Crippen LogP contribution in [0.25, 0.3) is 0 Å². The highest BCUT2D eigenvalue weighted by Crippen LogP contribution is 2.16. The summed E-state index contributed by atoms with van der Waals surface area (Å²) in [6.45, 7) is 5.23. The van der Waals surface area contributed by atoms with Gasteiger partial charge in [-0.2, -0.15) is 0 Å². The average Bonchev–Trinajstić information content (AvgIpc) is 2.17. The smallest absolute Gasteiger partial charge is 0.412 e. The normalized spacial score (nSPS) is 10.8. The minimum Gasteiger partial charge on any atom is -0.481 e. The van der Waals surface area contributed by atoms with Crippen LogP contribution >= 0.6 is 0 Å². The number of pyridine rings is 1. The molecule has 6 heteroatoms. The number of nitrogens with one attached hydrogen (secondary N) is 1. The van der Waals surface area contributed by atoms with Gasteiger partial charge >= 0.3 is 12.1 Å². The molecule has 0 bridgehead atoms. The number of amides is 1. The third-order valence-electron chi connectivity index (χ3n) is 1.89. The highest BCUT2D eigenvalue weighted by atomic mass is 16.6. The topological polar surface area (TPSA) is 88.5 Å². The Morgan fingerprint density at radius 3 is 2.67 bits per heavy atom. The third kappa shape index (κ3) is 4.82. The molecule has 1 rings (SSSR count). The van der Waals surface area contributed by atoms with Crippen molar-refractivity contribution in [1.82, 2.24) is 4.98 Å². The van der Waals surface area contributed by atoms with E-state index in [0.717, 1.165) is 0 Å². The van der Waals surface area contributed by atoms with Crippen LogP contribution in [0.5, 0.6) is 0 Å². The summed E-state index contributed by atoms with van der Waals surface area (Å²) in [5.74, 6) is -0.978. The van der Waals surface area contributed by atoms with E-state index in [1.54, 1.807) is 26.8 Å². The van der Waals surface area contributed by atoms with Crippen molar-refractivity contribution in [1.29, 1.82) is 0 Å². The van der Waals surface area contributed by atoms with E-state index in [-0.39, 0.29) is 6.42 Å². The number of rotatable bonds is 3. The lowest BCUT2D eigenvalue weighted by Gasteiger charge is -2.20. The first-order valence-corrected chi connectivity index (χ1v) is 5.42. The van der Waals surface area contributed by atoms with E-state index in [9.17, 15) is 9.59 Å². The zero-order valence-corrected chi connectivity index (χ0v) is 10.6. The van der Waals surface area contributed by atoms with Crippen LogP contribution in [0.1, 0.15) is 26.3 Å². The quantitative estimate of drug-likeness (QED) is 0.859. The van der Waals surface area contributed by atoms with E-state index >= 15 is 0 Å². The van der Waals surface area contributed by atoms with Crippen molar-refractivity contribution < 1.29 is 19.4 Å². The maximum atomic E-state index is 11.6. The van der Waals surface area contributed by atoms with Gasteiger partial charge in [-0.05, 0) is 32.4 Å². The lowest BCUT2D eigenvalue weighted by molar-refractivity contribution is -0.136. The van der Waals surface area contributed by atoms with Crippen LogP contribution in [0.4, 0.5) is 10.5 Å². The minimum atomic E-state index is -0.978. The van der Waals surface area contributed by atoms with Gasteiger partial charge < -0.3 is 9.84 Å². The van der Waals surface area contributed by atoms with Crippen molar-refractivity contribution in [2.45, 2.75) is 32.8 Å². The summed E-state index contributed by atoms with van der Waals surface area (Å²) in [4.78, 5) is 26.1. The summed E-state index contributed by atoms with van der Waals surface area (Å²) in [6, 6.07) is 1.54. The molecule has 18 heavy (non-hydrogen) atoms. The van der Waals surface area contributed by atoms with Gasteiger partial charge in [0.05, 0.1) is 18.3 Å².